The van der Waals surface area contributed by atoms with Gasteiger partial charge < -0.3 is 15.0 Å². The Balaban J connectivity index is 1.72. The van der Waals surface area contributed by atoms with Crippen LogP contribution in [0.2, 0.25) is 0 Å². The highest BCUT2D eigenvalue weighted by Crippen LogP contribution is 2.33. The number of nitrogens with zero attached hydrogens (tertiary/aromatic N) is 1. The maximum absolute atomic E-state index is 12.5. The van der Waals surface area contributed by atoms with Gasteiger partial charge in [0, 0.05) is 25.0 Å². The first-order valence-electron chi connectivity index (χ1n) is 6.95. The first-order valence-corrected chi connectivity index (χ1v) is 6.95. The highest BCUT2D eigenvalue weighted by molar-refractivity contribution is 5.79. The Morgan fingerprint density at radius 3 is 3.06 bits per heavy atom. The van der Waals surface area contributed by atoms with Crippen molar-refractivity contribution in [3.63, 3.8) is 0 Å². The van der Waals surface area contributed by atoms with Gasteiger partial charge >= 0.3 is 0 Å². The molecule has 3 atom stereocenters. The Labute approximate surface area is 103 Å². The van der Waals surface area contributed by atoms with Crippen LogP contribution in [0.15, 0.2) is 0 Å². The third-order valence-electron chi connectivity index (χ3n) is 4.52. The zero-order chi connectivity index (χ0) is 11.7. The van der Waals surface area contributed by atoms with E-state index in [9.17, 15) is 4.79 Å². The average Bonchev–Trinajstić information content (AvgIpc) is 2.97. The van der Waals surface area contributed by atoms with Crippen LogP contribution < -0.4 is 5.32 Å². The molecule has 0 aromatic carbocycles. The quantitative estimate of drug-likeness (QED) is 0.728. The van der Waals surface area contributed by atoms with Crippen LogP contribution in [0.1, 0.15) is 25.7 Å². The predicted octanol–water partition coefficient (Wildman–Crippen LogP) is 0.623. The van der Waals surface area contributed by atoms with Crippen molar-refractivity contribution in [3.05, 3.63) is 0 Å². The molecule has 0 aromatic rings. The van der Waals surface area contributed by atoms with Gasteiger partial charge in [0.05, 0.1) is 19.1 Å². The van der Waals surface area contributed by atoms with Crippen LogP contribution in [0.25, 0.3) is 0 Å². The lowest BCUT2D eigenvalue weighted by atomic mass is 10.0. The summed E-state index contributed by atoms with van der Waals surface area (Å²) < 4.78 is 5.64. The third-order valence-corrected chi connectivity index (χ3v) is 4.52. The minimum Gasteiger partial charge on any atom is -0.379 e. The molecule has 0 spiro atoms. The van der Waals surface area contributed by atoms with Gasteiger partial charge in [-0.1, -0.05) is 6.42 Å². The van der Waals surface area contributed by atoms with Crippen molar-refractivity contribution in [1.82, 2.24) is 10.2 Å². The van der Waals surface area contributed by atoms with Crippen LogP contribution >= 0.6 is 0 Å². The molecule has 96 valence electrons. The Hall–Kier alpha value is -0.610. The standard InChI is InChI=1S/C13H22N2O2/c16-13(10-4-5-14-8-10)15-6-7-17-9-11-2-1-3-12(11)15/h10-12,14H,1-9H2/t10-,11-,12-/m1/s1. The van der Waals surface area contributed by atoms with Crippen molar-refractivity contribution in [2.45, 2.75) is 31.7 Å². The average molecular weight is 238 g/mol. The van der Waals surface area contributed by atoms with E-state index in [1.807, 2.05) is 0 Å². The maximum Gasteiger partial charge on any atom is 0.227 e. The van der Waals surface area contributed by atoms with Crippen molar-refractivity contribution in [2.24, 2.45) is 11.8 Å². The number of ether oxygens (including phenoxy) is 1. The Morgan fingerprint density at radius 1 is 1.29 bits per heavy atom. The molecule has 1 N–H and O–H groups in total. The summed E-state index contributed by atoms with van der Waals surface area (Å²) >= 11 is 0. The fourth-order valence-corrected chi connectivity index (χ4v) is 3.56. The van der Waals surface area contributed by atoms with Gasteiger partial charge in [-0.15, -0.1) is 0 Å². The molecule has 0 unspecified atom stereocenters. The molecular formula is C13H22N2O2. The monoisotopic (exact) mass is 238 g/mol. The molecule has 1 amide bonds. The van der Waals surface area contributed by atoms with E-state index in [0.29, 0.717) is 17.9 Å². The van der Waals surface area contributed by atoms with Crippen molar-refractivity contribution in [1.29, 1.82) is 0 Å². The smallest absolute Gasteiger partial charge is 0.227 e. The number of nitrogens with one attached hydrogen (secondary N) is 1. The van der Waals surface area contributed by atoms with Crippen molar-refractivity contribution in [2.75, 3.05) is 32.8 Å². The molecule has 17 heavy (non-hydrogen) atoms. The topological polar surface area (TPSA) is 41.6 Å². The van der Waals surface area contributed by atoms with Gasteiger partial charge in [-0.25, -0.2) is 0 Å². The molecule has 1 saturated carbocycles. The van der Waals surface area contributed by atoms with Gasteiger partial charge in [0.1, 0.15) is 0 Å². The van der Waals surface area contributed by atoms with E-state index < -0.39 is 0 Å². The lowest BCUT2D eigenvalue weighted by molar-refractivity contribution is -0.137. The van der Waals surface area contributed by atoms with Gasteiger partial charge in [-0.05, 0) is 25.8 Å². The predicted molar refractivity (Wildman–Crippen MR) is 64.6 cm³/mol. The number of hydrogen-bond donors (Lipinski definition) is 1. The molecule has 0 bridgehead atoms. The molecule has 3 fully saturated rings. The second-order valence-electron chi connectivity index (χ2n) is 5.55. The largest absolute Gasteiger partial charge is 0.379 e. The summed E-state index contributed by atoms with van der Waals surface area (Å²) in [4.78, 5) is 14.7. The van der Waals surface area contributed by atoms with Crippen molar-refractivity contribution < 1.29 is 9.53 Å². The van der Waals surface area contributed by atoms with E-state index >= 15 is 0 Å². The number of carbonyl (C=O) groups excluding carboxylic acids is 1. The highest BCUT2D eigenvalue weighted by Gasteiger charge is 2.38. The zero-order valence-electron chi connectivity index (χ0n) is 10.4. The van der Waals surface area contributed by atoms with Crippen LogP contribution in [0.4, 0.5) is 0 Å². The van der Waals surface area contributed by atoms with Gasteiger partial charge in [-0.3, -0.25) is 4.79 Å². The fraction of sp³-hybridized carbons (Fsp3) is 0.923. The molecular weight excluding hydrogens is 216 g/mol. The van der Waals surface area contributed by atoms with Crippen LogP contribution in [0.5, 0.6) is 0 Å². The minimum atomic E-state index is 0.217. The number of rotatable bonds is 1. The lowest BCUT2D eigenvalue weighted by Gasteiger charge is -2.31. The number of fused-ring (bicyclic) bond motifs is 1. The molecule has 1 aliphatic carbocycles. The van der Waals surface area contributed by atoms with Crippen molar-refractivity contribution in [3.8, 4) is 0 Å². The summed E-state index contributed by atoms with van der Waals surface area (Å²) in [6.07, 6.45) is 4.68. The van der Waals surface area contributed by atoms with E-state index in [1.54, 1.807) is 0 Å². The SMILES string of the molecule is O=C([C@@H]1CCNC1)N1CCOC[C@H]2CCC[C@H]21. The third kappa shape index (κ3) is 2.20. The molecule has 2 saturated heterocycles. The summed E-state index contributed by atoms with van der Waals surface area (Å²) in [6.45, 7) is 4.25. The summed E-state index contributed by atoms with van der Waals surface area (Å²) in [7, 11) is 0. The molecule has 4 heteroatoms. The van der Waals surface area contributed by atoms with Crippen LogP contribution in [0, 0.1) is 11.8 Å². The first-order chi connectivity index (χ1) is 8.36. The molecule has 2 aliphatic heterocycles. The first kappa shape index (κ1) is 11.5. The van der Waals surface area contributed by atoms with Crippen LogP contribution in [-0.4, -0.2) is 49.7 Å². The van der Waals surface area contributed by atoms with Crippen LogP contribution in [0.3, 0.4) is 0 Å². The van der Waals surface area contributed by atoms with Crippen LogP contribution in [-0.2, 0) is 9.53 Å². The summed E-state index contributed by atoms with van der Waals surface area (Å²) in [6, 6.07) is 0.464. The normalized spacial score (nSPS) is 37.9. The number of amides is 1. The Bertz CT molecular complexity index is 289. The Morgan fingerprint density at radius 2 is 2.24 bits per heavy atom. The molecule has 3 aliphatic rings. The second-order valence-corrected chi connectivity index (χ2v) is 5.55. The van der Waals surface area contributed by atoms with Gasteiger partial charge in [0.2, 0.25) is 5.91 Å². The lowest BCUT2D eigenvalue weighted by Crippen LogP contribution is -2.46. The summed E-state index contributed by atoms with van der Waals surface area (Å²) in [5, 5.41) is 3.29. The molecule has 0 radical (unpaired) electrons. The zero-order valence-corrected chi connectivity index (χ0v) is 10.4. The maximum atomic E-state index is 12.5. The second kappa shape index (κ2) is 4.94. The minimum absolute atomic E-state index is 0.217. The van der Waals surface area contributed by atoms with Gasteiger partial charge in [0.25, 0.3) is 0 Å². The molecule has 4 nitrogen and oxygen atoms in total. The molecule has 2 heterocycles. The number of carbonyl (C=O) groups is 1. The van der Waals surface area contributed by atoms with E-state index in [4.69, 9.17) is 4.74 Å². The fourth-order valence-electron chi connectivity index (χ4n) is 3.56. The van der Waals surface area contributed by atoms with E-state index in [0.717, 1.165) is 39.3 Å². The molecule has 0 aromatic heterocycles. The summed E-state index contributed by atoms with van der Waals surface area (Å²) in [5.41, 5.74) is 0. The Kier molecular flexibility index (Phi) is 3.34. The van der Waals surface area contributed by atoms with E-state index in [1.165, 1.54) is 19.3 Å². The number of hydrogen-bond acceptors (Lipinski definition) is 3. The molecule has 3 rings (SSSR count). The summed E-state index contributed by atoms with van der Waals surface area (Å²) in [5.74, 6) is 1.18. The van der Waals surface area contributed by atoms with E-state index in [2.05, 4.69) is 10.2 Å². The van der Waals surface area contributed by atoms with Gasteiger partial charge in [0.15, 0.2) is 0 Å². The van der Waals surface area contributed by atoms with Gasteiger partial charge in [-0.2, -0.15) is 0 Å². The van der Waals surface area contributed by atoms with Crippen molar-refractivity contribution >= 4 is 5.91 Å². The highest BCUT2D eigenvalue weighted by atomic mass is 16.5. The van der Waals surface area contributed by atoms with E-state index in [-0.39, 0.29) is 5.92 Å².